The van der Waals surface area contributed by atoms with E-state index in [1.54, 1.807) is 13.1 Å². The molecule has 0 N–H and O–H groups in total. The molecule has 1 aromatic heterocycles. The number of aromatic nitrogens is 2. The third kappa shape index (κ3) is 1.84. The minimum atomic E-state index is -0.318. The lowest BCUT2D eigenvalue weighted by molar-refractivity contribution is 0.0523. The quantitative estimate of drug-likeness (QED) is 0.706. The molecule has 80 valence electrons. The van der Waals surface area contributed by atoms with Gasteiger partial charge in [0.2, 0.25) is 0 Å². The van der Waals surface area contributed by atoms with Crippen LogP contribution in [0.4, 0.5) is 0 Å². The molecule has 1 heterocycles. The van der Waals surface area contributed by atoms with E-state index >= 15 is 0 Å². The van der Waals surface area contributed by atoms with E-state index in [1.807, 2.05) is 0 Å². The molecule has 1 aromatic rings. The standard InChI is InChI=1S/C11H14N2O2/c1-3-15-10(14)8-6-12-7-13-9(8)11(2)4-5-11/h6-7H,3-5H2,1-2H3. The van der Waals surface area contributed by atoms with E-state index in [1.165, 1.54) is 6.33 Å². The van der Waals surface area contributed by atoms with Crippen LogP contribution >= 0.6 is 0 Å². The van der Waals surface area contributed by atoms with Crippen LogP contribution in [0, 0.1) is 0 Å². The number of carbonyl (C=O) groups is 1. The van der Waals surface area contributed by atoms with Gasteiger partial charge in [0.1, 0.15) is 11.9 Å². The number of carbonyl (C=O) groups excluding carboxylic acids is 1. The van der Waals surface area contributed by atoms with E-state index in [9.17, 15) is 4.79 Å². The molecule has 0 aromatic carbocycles. The number of hydrogen-bond acceptors (Lipinski definition) is 4. The summed E-state index contributed by atoms with van der Waals surface area (Å²) in [6.45, 7) is 4.28. The summed E-state index contributed by atoms with van der Waals surface area (Å²) in [4.78, 5) is 19.7. The van der Waals surface area contributed by atoms with Gasteiger partial charge >= 0.3 is 5.97 Å². The molecule has 1 saturated carbocycles. The van der Waals surface area contributed by atoms with Crippen LogP contribution in [0.1, 0.15) is 42.7 Å². The van der Waals surface area contributed by atoms with Crippen molar-refractivity contribution in [1.29, 1.82) is 0 Å². The Morgan fingerprint density at radius 2 is 2.33 bits per heavy atom. The van der Waals surface area contributed by atoms with Gasteiger partial charge in [-0.15, -0.1) is 0 Å². The van der Waals surface area contributed by atoms with Gasteiger partial charge in [-0.05, 0) is 19.8 Å². The van der Waals surface area contributed by atoms with Crippen LogP contribution in [0.3, 0.4) is 0 Å². The molecule has 0 saturated heterocycles. The maximum Gasteiger partial charge on any atom is 0.341 e. The van der Waals surface area contributed by atoms with Crippen molar-refractivity contribution in [2.75, 3.05) is 6.61 Å². The topological polar surface area (TPSA) is 52.1 Å². The first kappa shape index (κ1) is 10.1. The zero-order chi connectivity index (χ0) is 10.9. The van der Waals surface area contributed by atoms with Crippen LogP contribution in [0.15, 0.2) is 12.5 Å². The molecule has 0 atom stereocenters. The van der Waals surface area contributed by atoms with Crippen LogP contribution in [0.25, 0.3) is 0 Å². The van der Waals surface area contributed by atoms with Crippen molar-refractivity contribution in [3.63, 3.8) is 0 Å². The fraction of sp³-hybridized carbons (Fsp3) is 0.545. The largest absolute Gasteiger partial charge is 0.462 e. The predicted molar refractivity (Wildman–Crippen MR) is 54.6 cm³/mol. The Labute approximate surface area is 88.7 Å². The molecule has 4 nitrogen and oxygen atoms in total. The van der Waals surface area contributed by atoms with Crippen molar-refractivity contribution in [3.8, 4) is 0 Å². The van der Waals surface area contributed by atoms with Gasteiger partial charge in [-0.1, -0.05) is 6.92 Å². The molecule has 1 fully saturated rings. The smallest absolute Gasteiger partial charge is 0.341 e. The lowest BCUT2D eigenvalue weighted by Gasteiger charge is -2.11. The second-order valence-electron chi connectivity index (χ2n) is 4.07. The summed E-state index contributed by atoms with van der Waals surface area (Å²) in [5.41, 5.74) is 1.40. The Morgan fingerprint density at radius 3 is 2.93 bits per heavy atom. The second-order valence-corrected chi connectivity index (χ2v) is 4.07. The van der Waals surface area contributed by atoms with E-state index < -0.39 is 0 Å². The van der Waals surface area contributed by atoms with Gasteiger partial charge in [0.15, 0.2) is 0 Å². The van der Waals surface area contributed by atoms with Crippen LogP contribution in [0.5, 0.6) is 0 Å². The normalized spacial score (nSPS) is 17.2. The van der Waals surface area contributed by atoms with Crippen molar-refractivity contribution < 1.29 is 9.53 Å². The van der Waals surface area contributed by atoms with Gasteiger partial charge in [0.05, 0.1) is 12.3 Å². The second kappa shape index (κ2) is 3.61. The van der Waals surface area contributed by atoms with Gasteiger partial charge < -0.3 is 4.74 Å². The van der Waals surface area contributed by atoms with Gasteiger partial charge in [-0.2, -0.15) is 0 Å². The summed E-state index contributed by atoms with van der Waals surface area (Å²) in [6.07, 6.45) is 5.19. The Bertz CT molecular complexity index is 386. The highest BCUT2D eigenvalue weighted by atomic mass is 16.5. The molecule has 0 radical (unpaired) electrons. The Kier molecular flexibility index (Phi) is 2.42. The summed E-state index contributed by atoms with van der Waals surface area (Å²) in [5, 5.41) is 0. The zero-order valence-corrected chi connectivity index (χ0v) is 8.99. The SMILES string of the molecule is CCOC(=O)c1cncnc1C1(C)CC1. The number of esters is 1. The highest BCUT2D eigenvalue weighted by Gasteiger charge is 2.43. The molecule has 1 aliphatic carbocycles. The van der Waals surface area contributed by atoms with Crippen molar-refractivity contribution in [2.45, 2.75) is 32.1 Å². The first-order valence-corrected chi connectivity index (χ1v) is 5.15. The molecule has 0 amide bonds. The van der Waals surface area contributed by atoms with Crippen molar-refractivity contribution in [1.82, 2.24) is 9.97 Å². The van der Waals surface area contributed by atoms with Crippen molar-refractivity contribution in [2.24, 2.45) is 0 Å². The number of rotatable bonds is 3. The van der Waals surface area contributed by atoms with E-state index in [0.29, 0.717) is 12.2 Å². The van der Waals surface area contributed by atoms with Crippen LogP contribution in [0.2, 0.25) is 0 Å². The summed E-state index contributed by atoms with van der Waals surface area (Å²) in [5.74, 6) is -0.318. The van der Waals surface area contributed by atoms with E-state index in [-0.39, 0.29) is 11.4 Å². The first-order chi connectivity index (χ1) is 7.17. The first-order valence-electron chi connectivity index (χ1n) is 5.15. The molecule has 15 heavy (non-hydrogen) atoms. The highest BCUT2D eigenvalue weighted by Crippen LogP contribution is 2.47. The maximum absolute atomic E-state index is 11.6. The minimum Gasteiger partial charge on any atom is -0.462 e. The summed E-state index contributed by atoms with van der Waals surface area (Å²) in [7, 11) is 0. The number of hydrogen-bond donors (Lipinski definition) is 0. The fourth-order valence-corrected chi connectivity index (χ4v) is 1.59. The summed E-state index contributed by atoms with van der Waals surface area (Å²) < 4.78 is 4.97. The summed E-state index contributed by atoms with van der Waals surface area (Å²) in [6, 6.07) is 0. The molecule has 0 aliphatic heterocycles. The molecule has 1 aliphatic rings. The lowest BCUT2D eigenvalue weighted by Crippen LogP contribution is -2.15. The third-order valence-electron chi connectivity index (χ3n) is 2.78. The third-order valence-corrected chi connectivity index (χ3v) is 2.78. The average Bonchev–Trinajstić information content (AvgIpc) is 2.98. The Morgan fingerprint density at radius 1 is 1.60 bits per heavy atom. The van der Waals surface area contributed by atoms with E-state index in [0.717, 1.165) is 18.5 Å². The van der Waals surface area contributed by atoms with E-state index in [2.05, 4.69) is 16.9 Å². The van der Waals surface area contributed by atoms with Crippen LogP contribution < -0.4 is 0 Å². The van der Waals surface area contributed by atoms with E-state index in [4.69, 9.17) is 4.74 Å². The van der Waals surface area contributed by atoms with Gasteiger partial charge in [0, 0.05) is 11.6 Å². The highest BCUT2D eigenvalue weighted by molar-refractivity contribution is 5.90. The maximum atomic E-state index is 11.6. The number of nitrogens with zero attached hydrogens (tertiary/aromatic N) is 2. The predicted octanol–water partition coefficient (Wildman–Crippen LogP) is 1.70. The molecule has 2 rings (SSSR count). The van der Waals surface area contributed by atoms with Gasteiger partial charge in [-0.3, -0.25) is 0 Å². The molecular formula is C11H14N2O2. The Balaban J connectivity index is 2.34. The summed E-state index contributed by atoms with van der Waals surface area (Å²) >= 11 is 0. The fourth-order valence-electron chi connectivity index (χ4n) is 1.59. The molecule has 0 unspecified atom stereocenters. The molecule has 0 spiro atoms. The number of ether oxygens (including phenoxy) is 1. The molecule has 0 bridgehead atoms. The molecule has 4 heteroatoms. The van der Waals surface area contributed by atoms with Gasteiger partial charge in [-0.25, -0.2) is 14.8 Å². The van der Waals surface area contributed by atoms with Crippen molar-refractivity contribution >= 4 is 5.97 Å². The minimum absolute atomic E-state index is 0.0606. The van der Waals surface area contributed by atoms with Crippen LogP contribution in [-0.4, -0.2) is 22.5 Å². The van der Waals surface area contributed by atoms with Crippen molar-refractivity contribution in [3.05, 3.63) is 23.8 Å². The Hall–Kier alpha value is -1.45. The van der Waals surface area contributed by atoms with Gasteiger partial charge in [0.25, 0.3) is 0 Å². The lowest BCUT2D eigenvalue weighted by atomic mass is 10.0. The monoisotopic (exact) mass is 206 g/mol. The molecular weight excluding hydrogens is 192 g/mol. The van der Waals surface area contributed by atoms with Crippen LogP contribution in [-0.2, 0) is 10.2 Å². The zero-order valence-electron chi connectivity index (χ0n) is 8.99. The average molecular weight is 206 g/mol.